The third-order valence-corrected chi connectivity index (χ3v) is 4.30. The Bertz CT molecular complexity index is 687. The lowest BCUT2D eigenvalue weighted by molar-refractivity contribution is -0.894. The number of quaternary nitrogens is 1. The lowest BCUT2D eigenvalue weighted by atomic mass is 10.1. The molecule has 1 saturated heterocycles. The molecule has 0 spiro atoms. The van der Waals surface area contributed by atoms with E-state index in [2.05, 4.69) is 14.9 Å². The van der Waals surface area contributed by atoms with Gasteiger partial charge in [-0.3, -0.25) is 0 Å². The van der Waals surface area contributed by atoms with Crippen molar-refractivity contribution >= 4 is 5.95 Å². The van der Waals surface area contributed by atoms with Gasteiger partial charge in [-0.25, -0.2) is 9.97 Å². The zero-order valence-electron chi connectivity index (χ0n) is 12.7. The second-order valence-electron chi connectivity index (χ2n) is 5.89. The number of hydrogen-bond donors (Lipinski definition) is 0. The second kappa shape index (κ2) is 5.68. The molecule has 7 heteroatoms. The number of rotatable bonds is 3. The Morgan fingerprint density at radius 3 is 2.61 bits per heavy atom. The minimum atomic E-state index is -0.233. The van der Waals surface area contributed by atoms with Crippen LogP contribution < -0.4 is 14.4 Å². The molecule has 0 amide bonds. The van der Waals surface area contributed by atoms with Crippen molar-refractivity contribution in [1.29, 1.82) is 0 Å². The van der Waals surface area contributed by atoms with E-state index in [1.54, 1.807) is 18.5 Å². The summed E-state index contributed by atoms with van der Waals surface area (Å²) in [6.45, 7) is 3.07. The van der Waals surface area contributed by atoms with Crippen LogP contribution in [0.15, 0.2) is 36.7 Å². The van der Waals surface area contributed by atoms with Gasteiger partial charge in [0.25, 0.3) is 0 Å². The molecule has 0 unspecified atom stereocenters. The zero-order chi connectivity index (χ0) is 15.7. The third kappa shape index (κ3) is 2.93. The van der Waals surface area contributed by atoms with Gasteiger partial charge in [0, 0.05) is 18.0 Å². The molecule has 3 heterocycles. The quantitative estimate of drug-likeness (QED) is 0.632. The summed E-state index contributed by atoms with van der Waals surface area (Å²) in [5.41, 5.74) is 0.980. The Balaban J connectivity index is 1.42. The first kappa shape index (κ1) is 14.2. The van der Waals surface area contributed by atoms with Crippen molar-refractivity contribution < 1.29 is 14.1 Å². The molecule has 4 rings (SSSR count). The van der Waals surface area contributed by atoms with E-state index in [1.165, 1.54) is 0 Å². The predicted octanol–water partition coefficient (Wildman–Crippen LogP) is 1.54. The summed E-state index contributed by atoms with van der Waals surface area (Å²) in [5.74, 6) is 2.17. The number of hydroxylamine groups is 3. The van der Waals surface area contributed by atoms with Crippen LogP contribution in [0.3, 0.4) is 0 Å². The van der Waals surface area contributed by atoms with Crippen LogP contribution in [0.5, 0.6) is 11.5 Å². The van der Waals surface area contributed by atoms with Crippen molar-refractivity contribution in [3.05, 3.63) is 47.4 Å². The van der Waals surface area contributed by atoms with Crippen molar-refractivity contribution in [3.8, 4) is 11.5 Å². The fourth-order valence-corrected chi connectivity index (χ4v) is 3.01. The molecule has 0 radical (unpaired) electrons. The minimum absolute atomic E-state index is 0.233. The predicted molar refractivity (Wildman–Crippen MR) is 83.9 cm³/mol. The van der Waals surface area contributed by atoms with Gasteiger partial charge in [0.05, 0.1) is 26.2 Å². The largest absolute Gasteiger partial charge is 0.632 e. The van der Waals surface area contributed by atoms with Gasteiger partial charge >= 0.3 is 0 Å². The molecule has 0 atom stereocenters. The molecule has 2 aliphatic heterocycles. The number of nitrogens with zero attached hydrogens (tertiary/aromatic N) is 4. The van der Waals surface area contributed by atoms with Crippen molar-refractivity contribution in [3.63, 3.8) is 0 Å². The van der Waals surface area contributed by atoms with E-state index < -0.39 is 0 Å². The van der Waals surface area contributed by atoms with Crippen LogP contribution in [0.4, 0.5) is 5.95 Å². The molecule has 7 nitrogen and oxygen atoms in total. The topological polar surface area (TPSA) is 70.5 Å². The normalized spacial score (nSPS) is 18.9. The van der Waals surface area contributed by atoms with E-state index in [0.717, 1.165) is 17.1 Å². The van der Waals surface area contributed by atoms with Crippen molar-refractivity contribution in [2.45, 2.75) is 6.54 Å². The lowest BCUT2D eigenvalue weighted by Crippen LogP contribution is -2.55. The average molecular weight is 314 g/mol. The number of hydrogen-bond acceptors (Lipinski definition) is 6. The lowest BCUT2D eigenvalue weighted by Gasteiger charge is -2.48. The summed E-state index contributed by atoms with van der Waals surface area (Å²) in [6, 6.07) is 7.52. The summed E-state index contributed by atoms with van der Waals surface area (Å²) >= 11 is 0. The van der Waals surface area contributed by atoms with Crippen LogP contribution in [-0.2, 0) is 6.54 Å². The van der Waals surface area contributed by atoms with Crippen LogP contribution in [0.25, 0.3) is 0 Å². The molecule has 120 valence electrons. The number of benzene rings is 1. The molecule has 2 aliphatic rings. The maximum absolute atomic E-state index is 13.0. The first-order chi connectivity index (χ1) is 11.2. The Hall–Kier alpha value is -2.38. The number of fused-ring (bicyclic) bond motifs is 1. The molecule has 23 heavy (non-hydrogen) atoms. The standard InChI is InChI=1S/C16H18N4O3/c21-20(11-13-2-3-14-15(10-13)23-12-22-14)8-6-19(7-9-20)16-17-4-1-5-18-16/h1-5,10H,6-9,11-12H2. The van der Waals surface area contributed by atoms with Crippen LogP contribution in [0.1, 0.15) is 5.56 Å². The molecule has 0 N–H and O–H groups in total. The maximum Gasteiger partial charge on any atom is 0.231 e. The summed E-state index contributed by atoms with van der Waals surface area (Å²) in [5, 5.41) is 13.0. The van der Waals surface area contributed by atoms with E-state index in [0.29, 0.717) is 38.7 Å². The Morgan fingerprint density at radius 1 is 1.09 bits per heavy atom. The molecular weight excluding hydrogens is 296 g/mol. The van der Waals surface area contributed by atoms with Gasteiger partial charge in [0.1, 0.15) is 6.54 Å². The highest BCUT2D eigenvalue weighted by Crippen LogP contribution is 2.33. The Morgan fingerprint density at radius 2 is 1.83 bits per heavy atom. The number of aromatic nitrogens is 2. The molecule has 1 aromatic carbocycles. The van der Waals surface area contributed by atoms with E-state index in [9.17, 15) is 5.21 Å². The van der Waals surface area contributed by atoms with E-state index in [1.807, 2.05) is 18.2 Å². The number of anilines is 1. The Labute approximate surface area is 134 Å². The fourth-order valence-electron chi connectivity index (χ4n) is 3.01. The molecular formula is C16H18N4O3. The van der Waals surface area contributed by atoms with E-state index in [-0.39, 0.29) is 11.4 Å². The molecule has 1 fully saturated rings. The van der Waals surface area contributed by atoms with E-state index in [4.69, 9.17) is 9.47 Å². The second-order valence-corrected chi connectivity index (χ2v) is 5.89. The molecule has 1 aromatic heterocycles. The monoisotopic (exact) mass is 314 g/mol. The first-order valence-corrected chi connectivity index (χ1v) is 7.69. The van der Waals surface area contributed by atoms with Crippen molar-refractivity contribution in [1.82, 2.24) is 9.97 Å². The van der Waals surface area contributed by atoms with Gasteiger partial charge in [0.15, 0.2) is 11.5 Å². The fraction of sp³-hybridized carbons (Fsp3) is 0.375. The van der Waals surface area contributed by atoms with Gasteiger partial charge in [0.2, 0.25) is 12.7 Å². The van der Waals surface area contributed by atoms with Crippen molar-refractivity contribution in [2.24, 2.45) is 0 Å². The van der Waals surface area contributed by atoms with Gasteiger partial charge in [-0.2, -0.15) is 0 Å². The molecule has 0 bridgehead atoms. The molecule has 2 aromatic rings. The SMILES string of the molecule is [O-][N+]1(Cc2ccc3c(c2)OCO3)CCN(c2ncccn2)CC1. The highest BCUT2D eigenvalue weighted by atomic mass is 16.7. The maximum atomic E-state index is 13.0. The summed E-state index contributed by atoms with van der Waals surface area (Å²) in [6.07, 6.45) is 3.45. The van der Waals surface area contributed by atoms with Crippen LogP contribution in [0, 0.1) is 5.21 Å². The van der Waals surface area contributed by atoms with Gasteiger partial charge < -0.3 is 24.2 Å². The van der Waals surface area contributed by atoms with Gasteiger partial charge in [-0.15, -0.1) is 0 Å². The molecule has 0 aliphatic carbocycles. The summed E-state index contributed by atoms with van der Waals surface area (Å²) < 4.78 is 10.5. The summed E-state index contributed by atoms with van der Waals surface area (Å²) in [4.78, 5) is 10.6. The number of piperazine rings is 1. The van der Waals surface area contributed by atoms with Crippen LogP contribution in [-0.4, -0.2) is 47.6 Å². The highest BCUT2D eigenvalue weighted by Gasteiger charge is 2.27. The Kier molecular flexibility index (Phi) is 3.51. The third-order valence-electron chi connectivity index (χ3n) is 4.30. The zero-order valence-corrected chi connectivity index (χ0v) is 12.7. The van der Waals surface area contributed by atoms with Gasteiger partial charge in [-0.05, 0) is 24.3 Å². The van der Waals surface area contributed by atoms with E-state index >= 15 is 0 Å². The summed E-state index contributed by atoms with van der Waals surface area (Å²) in [7, 11) is 0. The highest BCUT2D eigenvalue weighted by molar-refractivity contribution is 5.44. The van der Waals surface area contributed by atoms with Crippen LogP contribution in [0.2, 0.25) is 0 Å². The van der Waals surface area contributed by atoms with Gasteiger partial charge in [-0.1, -0.05) is 0 Å². The van der Waals surface area contributed by atoms with Crippen molar-refractivity contribution in [2.75, 3.05) is 37.9 Å². The smallest absolute Gasteiger partial charge is 0.231 e. The minimum Gasteiger partial charge on any atom is -0.632 e. The number of ether oxygens (including phenoxy) is 2. The van der Waals surface area contributed by atoms with Crippen LogP contribution >= 0.6 is 0 Å². The average Bonchev–Trinajstić information content (AvgIpc) is 3.04. The first-order valence-electron chi connectivity index (χ1n) is 7.69. The molecule has 0 saturated carbocycles.